The maximum atomic E-state index is 11.8. The quantitative estimate of drug-likeness (QED) is 0.736. The summed E-state index contributed by atoms with van der Waals surface area (Å²) in [6.45, 7) is 2.62. The highest BCUT2D eigenvalue weighted by Gasteiger charge is 2.05. The number of hydrogen-bond donors (Lipinski definition) is 0. The molecule has 0 atom stereocenters. The fourth-order valence-corrected chi connectivity index (χ4v) is 2.16. The fraction of sp³-hybridized carbons (Fsp3) is 0.278. The Morgan fingerprint density at radius 1 is 1.05 bits per heavy atom. The van der Waals surface area contributed by atoms with Crippen LogP contribution in [0.15, 0.2) is 48.5 Å². The van der Waals surface area contributed by atoms with Crippen LogP contribution in [0.25, 0.3) is 11.1 Å². The number of Topliss-reactive ketones (excluding diaryl/α,β-unsaturated/α-hetero) is 1. The van der Waals surface area contributed by atoms with Gasteiger partial charge in [0, 0.05) is 19.1 Å². The maximum Gasteiger partial charge on any atom is 0.162 e. The zero-order chi connectivity index (χ0) is 14.4. The van der Waals surface area contributed by atoms with Crippen molar-refractivity contribution in [1.29, 1.82) is 0 Å². The highest BCUT2D eigenvalue weighted by atomic mass is 16.5. The Morgan fingerprint density at radius 2 is 1.80 bits per heavy atom. The molecule has 0 unspecified atom stereocenters. The van der Waals surface area contributed by atoms with E-state index in [-0.39, 0.29) is 5.78 Å². The van der Waals surface area contributed by atoms with E-state index >= 15 is 0 Å². The molecule has 0 saturated carbocycles. The van der Waals surface area contributed by atoms with E-state index in [2.05, 4.69) is 24.3 Å². The molecule has 2 nitrogen and oxygen atoms in total. The second-order valence-electron chi connectivity index (χ2n) is 4.80. The van der Waals surface area contributed by atoms with E-state index in [0.717, 1.165) is 29.7 Å². The highest BCUT2D eigenvalue weighted by molar-refractivity contribution is 5.96. The van der Waals surface area contributed by atoms with E-state index in [1.165, 1.54) is 5.56 Å². The van der Waals surface area contributed by atoms with Gasteiger partial charge in [0.15, 0.2) is 5.78 Å². The summed E-state index contributed by atoms with van der Waals surface area (Å²) >= 11 is 0. The zero-order valence-electron chi connectivity index (χ0n) is 12.1. The van der Waals surface area contributed by atoms with Gasteiger partial charge in [0.25, 0.3) is 0 Å². The van der Waals surface area contributed by atoms with E-state index in [1.54, 1.807) is 7.11 Å². The Labute approximate surface area is 120 Å². The van der Waals surface area contributed by atoms with E-state index in [1.807, 2.05) is 31.2 Å². The predicted molar refractivity (Wildman–Crippen MR) is 82.1 cm³/mol. The van der Waals surface area contributed by atoms with E-state index in [0.29, 0.717) is 6.42 Å². The molecule has 0 radical (unpaired) electrons. The normalized spacial score (nSPS) is 10.5. The summed E-state index contributed by atoms with van der Waals surface area (Å²) in [4.78, 5) is 11.8. The van der Waals surface area contributed by atoms with Crippen LogP contribution in [0.1, 0.15) is 29.3 Å². The van der Waals surface area contributed by atoms with Gasteiger partial charge in [-0.25, -0.2) is 0 Å². The summed E-state index contributed by atoms with van der Waals surface area (Å²) in [5.41, 5.74) is 4.27. The first-order valence-corrected chi connectivity index (χ1v) is 6.96. The number of methoxy groups -OCH3 is 1. The average molecular weight is 268 g/mol. The molecule has 0 amide bonds. The molecule has 2 aromatic rings. The molecule has 104 valence electrons. The third-order valence-electron chi connectivity index (χ3n) is 3.39. The maximum absolute atomic E-state index is 11.8. The Balaban J connectivity index is 2.21. The van der Waals surface area contributed by atoms with Crippen LogP contribution in [0.5, 0.6) is 0 Å². The van der Waals surface area contributed by atoms with Crippen LogP contribution in [0.3, 0.4) is 0 Å². The number of carbonyl (C=O) groups excluding carboxylic acids is 1. The van der Waals surface area contributed by atoms with Gasteiger partial charge in [-0.1, -0.05) is 49.4 Å². The van der Waals surface area contributed by atoms with Gasteiger partial charge in [-0.3, -0.25) is 4.79 Å². The van der Waals surface area contributed by atoms with Crippen LogP contribution in [-0.2, 0) is 11.2 Å². The van der Waals surface area contributed by atoms with Gasteiger partial charge in [0.05, 0.1) is 6.61 Å². The Hall–Kier alpha value is -1.93. The zero-order valence-corrected chi connectivity index (χ0v) is 12.1. The first-order chi connectivity index (χ1) is 9.74. The van der Waals surface area contributed by atoms with Gasteiger partial charge in [0.1, 0.15) is 0 Å². The van der Waals surface area contributed by atoms with Crippen molar-refractivity contribution in [1.82, 2.24) is 0 Å². The molecular formula is C18H20O2. The van der Waals surface area contributed by atoms with Crippen LogP contribution in [-0.4, -0.2) is 19.5 Å². The van der Waals surface area contributed by atoms with Crippen LogP contribution >= 0.6 is 0 Å². The third kappa shape index (κ3) is 3.55. The summed E-state index contributed by atoms with van der Waals surface area (Å²) in [6.07, 6.45) is 1.46. The minimum absolute atomic E-state index is 0.184. The second-order valence-corrected chi connectivity index (χ2v) is 4.80. The summed E-state index contributed by atoms with van der Waals surface area (Å²) in [5, 5.41) is 0. The first-order valence-electron chi connectivity index (χ1n) is 6.96. The SMILES string of the molecule is CCC(=O)c1cccc(-c2ccc(CCOC)cc2)c1. The molecule has 0 saturated heterocycles. The lowest BCUT2D eigenvalue weighted by atomic mass is 9.99. The summed E-state index contributed by atoms with van der Waals surface area (Å²) < 4.78 is 5.08. The molecule has 0 N–H and O–H groups in total. The Morgan fingerprint density at radius 3 is 2.45 bits per heavy atom. The highest BCUT2D eigenvalue weighted by Crippen LogP contribution is 2.21. The van der Waals surface area contributed by atoms with Gasteiger partial charge in [-0.2, -0.15) is 0 Å². The van der Waals surface area contributed by atoms with Crippen molar-refractivity contribution in [2.24, 2.45) is 0 Å². The van der Waals surface area contributed by atoms with Crippen molar-refractivity contribution < 1.29 is 9.53 Å². The minimum Gasteiger partial charge on any atom is -0.384 e. The third-order valence-corrected chi connectivity index (χ3v) is 3.39. The van der Waals surface area contributed by atoms with Crippen LogP contribution in [0, 0.1) is 0 Å². The monoisotopic (exact) mass is 268 g/mol. The van der Waals surface area contributed by atoms with Crippen LogP contribution in [0.2, 0.25) is 0 Å². The summed E-state index contributed by atoms with van der Waals surface area (Å²) in [5.74, 6) is 0.184. The Kier molecular flexibility index (Phi) is 5.08. The number of ketones is 1. The molecule has 0 aliphatic rings. The minimum atomic E-state index is 0.184. The molecular weight excluding hydrogens is 248 g/mol. The van der Waals surface area contributed by atoms with Crippen LogP contribution in [0.4, 0.5) is 0 Å². The van der Waals surface area contributed by atoms with Gasteiger partial charge in [-0.15, -0.1) is 0 Å². The van der Waals surface area contributed by atoms with E-state index < -0.39 is 0 Å². The Bertz CT molecular complexity index is 570. The molecule has 0 aromatic heterocycles. The average Bonchev–Trinajstić information content (AvgIpc) is 2.52. The topological polar surface area (TPSA) is 26.3 Å². The number of benzene rings is 2. The lowest BCUT2D eigenvalue weighted by molar-refractivity contribution is 0.0988. The molecule has 20 heavy (non-hydrogen) atoms. The van der Waals surface area contributed by atoms with Crippen molar-refractivity contribution in [2.75, 3.05) is 13.7 Å². The smallest absolute Gasteiger partial charge is 0.162 e. The van der Waals surface area contributed by atoms with Crippen molar-refractivity contribution in [2.45, 2.75) is 19.8 Å². The van der Waals surface area contributed by atoms with Crippen LogP contribution < -0.4 is 0 Å². The van der Waals surface area contributed by atoms with Gasteiger partial charge >= 0.3 is 0 Å². The molecule has 2 rings (SSSR count). The van der Waals surface area contributed by atoms with E-state index in [4.69, 9.17) is 4.74 Å². The summed E-state index contributed by atoms with van der Waals surface area (Å²) in [7, 11) is 1.71. The summed E-state index contributed by atoms with van der Waals surface area (Å²) in [6, 6.07) is 16.2. The molecule has 0 aliphatic heterocycles. The first kappa shape index (κ1) is 14.5. The van der Waals surface area contributed by atoms with Gasteiger partial charge < -0.3 is 4.74 Å². The number of rotatable bonds is 6. The standard InChI is InChI=1S/C18H20O2/c1-3-18(19)17-6-4-5-16(13-17)15-9-7-14(8-10-15)11-12-20-2/h4-10,13H,3,11-12H2,1-2H3. The molecule has 0 bridgehead atoms. The predicted octanol–water partition coefficient (Wildman–Crippen LogP) is 4.14. The van der Waals surface area contributed by atoms with Crippen molar-refractivity contribution in [3.63, 3.8) is 0 Å². The molecule has 2 heteroatoms. The van der Waals surface area contributed by atoms with Crippen molar-refractivity contribution in [3.05, 3.63) is 59.7 Å². The molecule has 2 aromatic carbocycles. The van der Waals surface area contributed by atoms with Crippen molar-refractivity contribution in [3.8, 4) is 11.1 Å². The number of hydrogen-bond acceptors (Lipinski definition) is 2. The second kappa shape index (κ2) is 7.01. The molecule has 0 aliphatic carbocycles. The number of carbonyl (C=O) groups is 1. The number of ether oxygens (including phenoxy) is 1. The molecule has 0 spiro atoms. The lowest BCUT2D eigenvalue weighted by Gasteiger charge is -2.06. The largest absolute Gasteiger partial charge is 0.384 e. The van der Waals surface area contributed by atoms with E-state index in [9.17, 15) is 4.79 Å². The lowest BCUT2D eigenvalue weighted by Crippen LogP contribution is -1.96. The van der Waals surface area contributed by atoms with Crippen molar-refractivity contribution >= 4 is 5.78 Å². The van der Waals surface area contributed by atoms with Gasteiger partial charge in [-0.05, 0) is 29.2 Å². The fourth-order valence-electron chi connectivity index (χ4n) is 2.16. The van der Waals surface area contributed by atoms with Gasteiger partial charge in [0.2, 0.25) is 0 Å². The molecule has 0 fully saturated rings. The molecule has 0 heterocycles.